The van der Waals surface area contributed by atoms with E-state index in [1.807, 2.05) is 18.2 Å². The minimum atomic E-state index is -0.0233. The molecular weight excluding hydrogens is 344 g/mol. The van der Waals surface area contributed by atoms with E-state index >= 15 is 0 Å². The van der Waals surface area contributed by atoms with Gasteiger partial charge >= 0.3 is 0 Å². The number of ketones is 1. The molecule has 3 nitrogen and oxygen atoms in total. The summed E-state index contributed by atoms with van der Waals surface area (Å²) in [5.41, 5.74) is 5.48. The molecule has 0 atom stereocenters. The molecule has 3 aromatic carbocycles. The van der Waals surface area contributed by atoms with E-state index in [1.165, 1.54) is 11.1 Å². The van der Waals surface area contributed by atoms with E-state index in [0.717, 1.165) is 23.0 Å². The summed E-state index contributed by atoms with van der Waals surface area (Å²) >= 11 is 0. The first-order chi connectivity index (χ1) is 13.7. The fourth-order valence-corrected chi connectivity index (χ4v) is 3.56. The van der Waals surface area contributed by atoms with Crippen LogP contribution < -0.4 is 0 Å². The predicted molar refractivity (Wildman–Crippen MR) is 113 cm³/mol. The molecule has 0 amide bonds. The molecule has 4 rings (SSSR count). The van der Waals surface area contributed by atoms with Gasteiger partial charge in [-0.3, -0.25) is 4.79 Å². The first-order valence-corrected chi connectivity index (χ1v) is 9.27. The van der Waals surface area contributed by atoms with E-state index < -0.39 is 0 Å². The third kappa shape index (κ3) is 3.45. The number of nitrogens with zero attached hydrogens (tertiary/aromatic N) is 2. The zero-order chi connectivity index (χ0) is 19.5. The topological polar surface area (TPSA) is 26.4 Å². The average Bonchev–Trinajstić information content (AvgIpc) is 3.07. The highest BCUT2D eigenvalue weighted by molar-refractivity contribution is 6.04. The second-order valence-electron chi connectivity index (χ2n) is 7.01. The van der Waals surface area contributed by atoms with Crippen molar-refractivity contribution in [1.82, 2.24) is 4.57 Å². The lowest BCUT2D eigenvalue weighted by Gasteiger charge is -2.06. The fraction of sp³-hybridized carbons (Fsp3) is 0.120. The van der Waals surface area contributed by atoms with Gasteiger partial charge in [0.2, 0.25) is 0 Å². The highest BCUT2D eigenvalue weighted by Gasteiger charge is 2.15. The van der Waals surface area contributed by atoms with Crippen LogP contribution in [0.15, 0.2) is 79.0 Å². The molecule has 0 fully saturated rings. The van der Waals surface area contributed by atoms with Gasteiger partial charge in [-0.25, -0.2) is 4.85 Å². The largest absolute Gasteiger partial charge is 0.343 e. The number of hydrogen-bond acceptors (Lipinski definition) is 1. The van der Waals surface area contributed by atoms with Crippen molar-refractivity contribution in [3.8, 4) is 0 Å². The quantitative estimate of drug-likeness (QED) is 0.316. The normalized spacial score (nSPS) is 10.7. The molecule has 0 bridgehead atoms. The molecule has 0 aliphatic carbocycles. The Morgan fingerprint density at radius 3 is 2.46 bits per heavy atom. The molecule has 0 saturated carbocycles. The van der Waals surface area contributed by atoms with Gasteiger partial charge in [0, 0.05) is 35.6 Å². The molecule has 0 aliphatic heterocycles. The summed E-state index contributed by atoms with van der Waals surface area (Å²) in [6.45, 7) is 10.1. The molecule has 136 valence electrons. The van der Waals surface area contributed by atoms with Crippen LogP contribution in [-0.4, -0.2) is 10.4 Å². The number of Topliss-reactive ketones (excluding diaryl/α,β-unsaturated/α-hetero) is 1. The molecule has 3 heteroatoms. The zero-order valence-corrected chi connectivity index (χ0v) is 15.7. The van der Waals surface area contributed by atoms with Gasteiger partial charge in [0.05, 0.1) is 6.57 Å². The average molecular weight is 364 g/mol. The van der Waals surface area contributed by atoms with Crippen molar-refractivity contribution >= 4 is 22.4 Å². The second-order valence-corrected chi connectivity index (χ2v) is 7.01. The maximum absolute atomic E-state index is 12.9. The van der Waals surface area contributed by atoms with Crippen molar-refractivity contribution in [3.05, 3.63) is 113 Å². The number of para-hydroxylation sites is 2. The Balaban J connectivity index is 1.69. The van der Waals surface area contributed by atoms with Crippen molar-refractivity contribution in [2.24, 2.45) is 0 Å². The van der Waals surface area contributed by atoms with Crippen molar-refractivity contribution < 1.29 is 4.79 Å². The summed E-state index contributed by atoms with van der Waals surface area (Å²) in [6, 6.07) is 23.7. The Hall–Kier alpha value is -3.64. The van der Waals surface area contributed by atoms with Crippen molar-refractivity contribution in [3.63, 3.8) is 0 Å². The van der Waals surface area contributed by atoms with E-state index in [9.17, 15) is 4.79 Å². The number of benzene rings is 3. The van der Waals surface area contributed by atoms with E-state index in [-0.39, 0.29) is 12.2 Å². The summed E-state index contributed by atoms with van der Waals surface area (Å²) in [6.07, 6.45) is 2.36. The predicted octanol–water partition coefficient (Wildman–Crippen LogP) is 5.97. The van der Waals surface area contributed by atoms with Gasteiger partial charge in [-0.2, -0.15) is 0 Å². The summed E-state index contributed by atoms with van der Waals surface area (Å²) in [5, 5.41) is 1.09. The van der Waals surface area contributed by atoms with Crippen LogP contribution in [0.1, 0.15) is 27.0 Å². The SMILES string of the molecule is [C-]#[N+]c1ccccc1C(=O)Cc1cn(Cc2ccc(C)cc2)c2ccccc12. The number of carbonyl (C=O) groups excluding carboxylic acids is 1. The van der Waals surface area contributed by atoms with E-state index in [0.29, 0.717) is 11.3 Å². The van der Waals surface area contributed by atoms with E-state index in [1.54, 1.807) is 18.2 Å². The summed E-state index contributed by atoms with van der Waals surface area (Å²) in [7, 11) is 0. The first kappa shape index (κ1) is 17.8. The number of aromatic nitrogens is 1. The second kappa shape index (κ2) is 7.54. The lowest BCUT2D eigenvalue weighted by molar-refractivity contribution is 0.0994. The lowest BCUT2D eigenvalue weighted by atomic mass is 10.0. The van der Waals surface area contributed by atoms with Gasteiger partial charge in [-0.1, -0.05) is 72.3 Å². The highest BCUT2D eigenvalue weighted by Crippen LogP contribution is 2.26. The Kier molecular flexibility index (Phi) is 4.78. The zero-order valence-electron chi connectivity index (χ0n) is 15.7. The molecule has 0 unspecified atom stereocenters. The molecular formula is C25H20N2O. The molecule has 0 spiro atoms. The maximum atomic E-state index is 12.9. The Bertz CT molecular complexity index is 1190. The van der Waals surface area contributed by atoms with Crippen LogP contribution in [0.3, 0.4) is 0 Å². The van der Waals surface area contributed by atoms with Crippen molar-refractivity contribution in [2.45, 2.75) is 19.9 Å². The fourth-order valence-electron chi connectivity index (χ4n) is 3.56. The minimum Gasteiger partial charge on any atom is -0.343 e. The molecule has 28 heavy (non-hydrogen) atoms. The van der Waals surface area contributed by atoms with Crippen LogP contribution in [0.4, 0.5) is 5.69 Å². The van der Waals surface area contributed by atoms with Crippen LogP contribution >= 0.6 is 0 Å². The van der Waals surface area contributed by atoms with Gasteiger partial charge in [0.15, 0.2) is 11.5 Å². The van der Waals surface area contributed by atoms with Crippen LogP contribution in [0, 0.1) is 13.5 Å². The number of fused-ring (bicyclic) bond motifs is 1. The Labute approximate surface area is 164 Å². The monoisotopic (exact) mass is 364 g/mol. The Morgan fingerprint density at radius 2 is 1.68 bits per heavy atom. The number of aryl methyl sites for hydroxylation is 1. The lowest BCUT2D eigenvalue weighted by Crippen LogP contribution is -2.03. The highest BCUT2D eigenvalue weighted by atomic mass is 16.1. The minimum absolute atomic E-state index is 0.0233. The van der Waals surface area contributed by atoms with Crippen LogP contribution in [0.25, 0.3) is 15.7 Å². The molecule has 1 heterocycles. The summed E-state index contributed by atoms with van der Waals surface area (Å²) in [5.74, 6) is -0.0233. The number of hydrogen-bond donors (Lipinski definition) is 0. The number of carbonyl (C=O) groups is 1. The first-order valence-electron chi connectivity index (χ1n) is 9.27. The number of rotatable bonds is 5. The van der Waals surface area contributed by atoms with Gasteiger partial charge in [0.1, 0.15) is 0 Å². The van der Waals surface area contributed by atoms with Gasteiger partial charge in [0.25, 0.3) is 0 Å². The van der Waals surface area contributed by atoms with E-state index in [4.69, 9.17) is 6.57 Å². The molecule has 0 saturated heterocycles. The summed E-state index contributed by atoms with van der Waals surface area (Å²) in [4.78, 5) is 16.4. The molecule has 0 N–H and O–H groups in total. The van der Waals surface area contributed by atoms with Gasteiger partial charge in [-0.15, -0.1) is 0 Å². The third-order valence-corrected chi connectivity index (χ3v) is 5.02. The smallest absolute Gasteiger partial charge is 0.197 e. The molecule has 0 radical (unpaired) electrons. The van der Waals surface area contributed by atoms with Crippen molar-refractivity contribution in [1.29, 1.82) is 0 Å². The van der Waals surface area contributed by atoms with Crippen LogP contribution in [-0.2, 0) is 13.0 Å². The third-order valence-electron chi connectivity index (χ3n) is 5.02. The van der Waals surface area contributed by atoms with Gasteiger partial charge < -0.3 is 4.57 Å². The van der Waals surface area contributed by atoms with Gasteiger partial charge in [-0.05, 0) is 24.1 Å². The van der Waals surface area contributed by atoms with Crippen LogP contribution in [0.2, 0.25) is 0 Å². The molecule has 1 aromatic heterocycles. The molecule has 4 aromatic rings. The van der Waals surface area contributed by atoms with Crippen molar-refractivity contribution in [2.75, 3.05) is 0 Å². The summed E-state index contributed by atoms with van der Waals surface area (Å²) < 4.78 is 2.20. The van der Waals surface area contributed by atoms with E-state index in [2.05, 4.69) is 58.9 Å². The standard InChI is InChI=1S/C25H20N2O/c1-18-11-13-19(14-12-18)16-27-17-20(21-7-4-6-10-24(21)27)15-25(28)22-8-3-5-9-23(22)26-2/h3-14,17H,15-16H2,1H3. The Morgan fingerprint density at radius 1 is 0.964 bits per heavy atom. The molecule has 0 aliphatic rings. The maximum Gasteiger partial charge on any atom is 0.197 e. The van der Waals surface area contributed by atoms with Crippen LogP contribution in [0.5, 0.6) is 0 Å².